The van der Waals surface area contributed by atoms with E-state index in [9.17, 15) is 43.6 Å². The SMILES string of the molecule is CCC(C)NC(=C[C@@H](C)c1cc(F)c(NS(C)(=O)=O)cc1C(F)(F)F)C(=O)NC(C)c1ccc(NS(C)(=O)=O)c(F)c1. The second kappa shape index (κ2) is 13.3. The summed E-state index contributed by atoms with van der Waals surface area (Å²) in [6.07, 6.45) is -1.75. The second-order valence-corrected chi connectivity index (χ2v) is 13.4. The molecule has 0 aliphatic rings. The van der Waals surface area contributed by atoms with Crippen molar-refractivity contribution in [2.75, 3.05) is 22.0 Å². The number of hydrogen-bond acceptors (Lipinski definition) is 6. The van der Waals surface area contributed by atoms with Gasteiger partial charge in [-0.2, -0.15) is 13.2 Å². The lowest BCUT2D eigenvalue weighted by Gasteiger charge is -2.22. The summed E-state index contributed by atoms with van der Waals surface area (Å²) in [7, 11) is -7.81. The third-order valence-corrected chi connectivity index (χ3v) is 7.22. The Morgan fingerprint density at radius 3 is 1.93 bits per heavy atom. The molecule has 0 fully saturated rings. The number of anilines is 2. The van der Waals surface area contributed by atoms with E-state index in [4.69, 9.17) is 0 Å². The molecule has 4 N–H and O–H groups in total. The van der Waals surface area contributed by atoms with E-state index in [1.54, 1.807) is 18.6 Å². The first kappa shape index (κ1) is 34.8. The Labute approximate surface area is 242 Å². The fourth-order valence-corrected chi connectivity index (χ4v) is 4.95. The van der Waals surface area contributed by atoms with Crippen molar-refractivity contribution in [2.24, 2.45) is 0 Å². The molecule has 2 aromatic carbocycles. The van der Waals surface area contributed by atoms with Crippen molar-refractivity contribution in [2.45, 2.75) is 58.3 Å². The van der Waals surface area contributed by atoms with Gasteiger partial charge in [-0.1, -0.05) is 19.9 Å². The molecule has 0 spiro atoms. The van der Waals surface area contributed by atoms with Crippen molar-refractivity contribution in [3.63, 3.8) is 0 Å². The average Bonchev–Trinajstić information content (AvgIpc) is 2.83. The Balaban J connectivity index is 2.47. The Kier molecular flexibility index (Phi) is 11.0. The summed E-state index contributed by atoms with van der Waals surface area (Å²) in [5.74, 6) is -4.07. The van der Waals surface area contributed by atoms with Crippen LogP contribution in [0.3, 0.4) is 0 Å². The molecule has 234 valence electrons. The van der Waals surface area contributed by atoms with Gasteiger partial charge in [0.1, 0.15) is 11.6 Å². The first-order valence-electron chi connectivity index (χ1n) is 12.6. The first-order valence-corrected chi connectivity index (χ1v) is 16.3. The number of hydrogen-bond donors (Lipinski definition) is 4. The molecule has 0 aromatic heterocycles. The Bertz CT molecular complexity index is 1560. The molecule has 0 aliphatic carbocycles. The van der Waals surface area contributed by atoms with E-state index < -0.39 is 72.5 Å². The minimum absolute atomic E-state index is 0.133. The van der Waals surface area contributed by atoms with Crippen LogP contribution < -0.4 is 20.1 Å². The van der Waals surface area contributed by atoms with Gasteiger partial charge in [0, 0.05) is 12.0 Å². The third-order valence-electron chi connectivity index (χ3n) is 6.04. The third kappa shape index (κ3) is 10.2. The van der Waals surface area contributed by atoms with Gasteiger partial charge >= 0.3 is 6.18 Å². The van der Waals surface area contributed by atoms with Crippen LogP contribution in [0.25, 0.3) is 0 Å². The fraction of sp³-hybridized carbons (Fsp3) is 0.423. The Morgan fingerprint density at radius 1 is 0.881 bits per heavy atom. The van der Waals surface area contributed by atoms with E-state index in [0.717, 1.165) is 12.3 Å². The van der Waals surface area contributed by atoms with Crippen LogP contribution in [0.2, 0.25) is 0 Å². The molecule has 3 atom stereocenters. The second-order valence-electron chi connectivity index (χ2n) is 9.92. The Morgan fingerprint density at radius 2 is 1.43 bits per heavy atom. The van der Waals surface area contributed by atoms with Crippen LogP contribution >= 0.6 is 0 Å². The van der Waals surface area contributed by atoms with Gasteiger partial charge in [-0.3, -0.25) is 14.2 Å². The lowest BCUT2D eigenvalue weighted by Crippen LogP contribution is -2.37. The highest BCUT2D eigenvalue weighted by Crippen LogP contribution is 2.39. The van der Waals surface area contributed by atoms with Gasteiger partial charge in [0.15, 0.2) is 0 Å². The predicted octanol–water partition coefficient (Wildman–Crippen LogP) is 4.98. The van der Waals surface area contributed by atoms with Crippen LogP contribution in [-0.4, -0.2) is 41.3 Å². The van der Waals surface area contributed by atoms with Gasteiger partial charge in [-0.15, -0.1) is 0 Å². The van der Waals surface area contributed by atoms with Crippen LogP contribution in [0.5, 0.6) is 0 Å². The van der Waals surface area contributed by atoms with Crippen molar-refractivity contribution < 1.29 is 43.6 Å². The maximum atomic E-state index is 14.7. The summed E-state index contributed by atoms with van der Waals surface area (Å²) in [5, 5.41) is 5.54. The highest BCUT2D eigenvalue weighted by Gasteiger charge is 2.36. The van der Waals surface area contributed by atoms with Gasteiger partial charge in [-0.25, -0.2) is 25.6 Å². The van der Waals surface area contributed by atoms with Crippen molar-refractivity contribution in [3.8, 4) is 0 Å². The molecule has 2 rings (SSSR count). The number of nitrogens with one attached hydrogen (secondary N) is 4. The van der Waals surface area contributed by atoms with Crippen LogP contribution in [0, 0.1) is 11.6 Å². The summed E-state index contributed by atoms with van der Waals surface area (Å²) in [6.45, 7) is 6.36. The summed E-state index contributed by atoms with van der Waals surface area (Å²) in [4.78, 5) is 13.2. The topological polar surface area (TPSA) is 133 Å². The van der Waals surface area contributed by atoms with Crippen molar-refractivity contribution >= 4 is 37.3 Å². The van der Waals surface area contributed by atoms with Crippen molar-refractivity contribution in [1.29, 1.82) is 0 Å². The fourth-order valence-electron chi connectivity index (χ4n) is 3.83. The number of sulfonamides is 2. The number of carbonyl (C=O) groups is 1. The first-order chi connectivity index (χ1) is 19.1. The maximum Gasteiger partial charge on any atom is 0.416 e. The number of benzene rings is 2. The van der Waals surface area contributed by atoms with Gasteiger partial charge < -0.3 is 10.6 Å². The highest BCUT2D eigenvalue weighted by molar-refractivity contribution is 7.92. The number of allylic oxidation sites excluding steroid dienone is 1. The lowest BCUT2D eigenvalue weighted by atomic mass is 9.93. The van der Waals surface area contributed by atoms with Gasteiger partial charge in [0.05, 0.1) is 41.2 Å². The summed E-state index contributed by atoms with van der Waals surface area (Å²) in [5.41, 5.74) is -2.87. The van der Waals surface area contributed by atoms with E-state index in [-0.39, 0.29) is 23.0 Å². The Hall–Kier alpha value is -3.40. The zero-order chi connectivity index (χ0) is 32.2. The van der Waals surface area contributed by atoms with Crippen LogP contribution in [0.4, 0.5) is 33.3 Å². The smallest absolute Gasteiger partial charge is 0.378 e. The van der Waals surface area contributed by atoms with Crippen LogP contribution in [0.15, 0.2) is 42.1 Å². The molecule has 42 heavy (non-hydrogen) atoms. The zero-order valence-electron chi connectivity index (χ0n) is 23.7. The minimum atomic E-state index is -4.98. The molecule has 9 nitrogen and oxygen atoms in total. The summed E-state index contributed by atoms with van der Waals surface area (Å²) < 4.78 is 121. The maximum absolute atomic E-state index is 14.7. The largest absolute Gasteiger partial charge is 0.416 e. The number of rotatable bonds is 12. The molecule has 0 saturated carbocycles. The molecule has 0 aliphatic heterocycles. The monoisotopic (exact) mass is 640 g/mol. The summed E-state index contributed by atoms with van der Waals surface area (Å²) >= 11 is 0. The average molecular weight is 641 g/mol. The lowest BCUT2D eigenvalue weighted by molar-refractivity contribution is -0.138. The standard InChI is InChI=1S/C26H33F5N4O5S2/c1-7-15(3)32-24(25(36)33-16(4)17-8-9-22(20(27)11-17)34-41(5,37)38)10-14(2)18-12-21(28)23(35-42(6,39)40)13-19(18)26(29,30)31/h8-16,32,34-35H,7H2,1-6H3,(H,33,36)/t14-,15?,16?/m1/s1. The normalized spacial score (nSPS) is 15.0. The molecule has 0 heterocycles. The van der Waals surface area contributed by atoms with E-state index in [2.05, 4.69) is 10.6 Å². The van der Waals surface area contributed by atoms with Crippen LogP contribution in [-0.2, 0) is 31.0 Å². The molecule has 2 unspecified atom stereocenters. The van der Waals surface area contributed by atoms with Gasteiger partial charge in [0.25, 0.3) is 5.91 Å². The molecule has 0 bridgehead atoms. The zero-order valence-corrected chi connectivity index (χ0v) is 25.3. The van der Waals surface area contributed by atoms with Gasteiger partial charge in [0.2, 0.25) is 20.0 Å². The van der Waals surface area contributed by atoms with E-state index in [0.29, 0.717) is 24.8 Å². The van der Waals surface area contributed by atoms with Crippen molar-refractivity contribution in [3.05, 3.63) is 70.4 Å². The highest BCUT2D eigenvalue weighted by atomic mass is 32.2. The molecule has 16 heteroatoms. The van der Waals surface area contributed by atoms with Crippen LogP contribution in [0.1, 0.15) is 62.8 Å². The van der Waals surface area contributed by atoms with Gasteiger partial charge in [-0.05, 0) is 61.7 Å². The van der Waals surface area contributed by atoms with E-state index in [1.807, 2.05) is 4.72 Å². The number of alkyl halides is 3. The number of carbonyl (C=O) groups excluding carboxylic acids is 1. The molecular formula is C26H33F5N4O5S2. The summed E-state index contributed by atoms with van der Waals surface area (Å²) in [6, 6.07) is 3.40. The predicted molar refractivity (Wildman–Crippen MR) is 151 cm³/mol. The molecule has 1 amide bonds. The van der Waals surface area contributed by atoms with E-state index >= 15 is 0 Å². The molecule has 2 aromatic rings. The molecule has 0 radical (unpaired) electrons. The van der Waals surface area contributed by atoms with Crippen molar-refractivity contribution in [1.82, 2.24) is 10.6 Å². The minimum Gasteiger partial charge on any atom is -0.378 e. The molecular weight excluding hydrogens is 607 g/mol. The molecule has 0 saturated heterocycles. The van der Waals surface area contributed by atoms with E-state index in [1.165, 1.54) is 32.1 Å². The number of amides is 1. The quantitative estimate of drug-likeness (QED) is 0.191. The number of halogens is 5.